The Balaban J connectivity index is 1.61. The summed E-state index contributed by atoms with van der Waals surface area (Å²) < 4.78 is 0. The fourth-order valence-corrected chi connectivity index (χ4v) is 3.90. The summed E-state index contributed by atoms with van der Waals surface area (Å²) in [5.74, 6) is 2.76. The van der Waals surface area contributed by atoms with Crippen LogP contribution in [0.4, 0.5) is 17.8 Å². The largest absolute Gasteiger partial charge is 0.368 e. The van der Waals surface area contributed by atoms with Gasteiger partial charge in [-0.05, 0) is 44.4 Å². The Kier molecular flexibility index (Phi) is 2.89. The standard InChI is InChI=1S/C14H22N6/c15-12-16-13(19-6-2-1-3-7-19)18-14(17-12)20-9-10-4-5-11(20)8-10/h10-11H,1-9H2,(H2,15,16,17,18). The Labute approximate surface area is 119 Å². The maximum atomic E-state index is 5.92. The maximum absolute atomic E-state index is 5.92. The molecule has 2 atom stereocenters. The normalized spacial score (nSPS) is 29.2. The summed E-state index contributed by atoms with van der Waals surface area (Å²) in [6.45, 7) is 3.16. The van der Waals surface area contributed by atoms with Gasteiger partial charge in [-0.3, -0.25) is 0 Å². The van der Waals surface area contributed by atoms with Gasteiger partial charge in [0, 0.05) is 25.7 Å². The third-order valence-corrected chi connectivity index (χ3v) is 4.93. The van der Waals surface area contributed by atoms with Gasteiger partial charge in [-0.2, -0.15) is 15.0 Å². The molecule has 108 valence electrons. The van der Waals surface area contributed by atoms with E-state index in [-0.39, 0.29) is 0 Å². The Morgan fingerprint density at radius 2 is 1.75 bits per heavy atom. The molecule has 2 aliphatic heterocycles. The van der Waals surface area contributed by atoms with Gasteiger partial charge in [-0.25, -0.2) is 0 Å². The number of anilines is 3. The van der Waals surface area contributed by atoms with Crippen molar-refractivity contribution in [3.63, 3.8) is 0 Å². The van der Waals surface area contributed by atoms with Crippen LogP contribution in [-0.2, 0) is 0 Å². The summed E-state index contributed by atoms with van der Waals surface area (Å²) in [6, 6.07) is 0.621. The van der Waals surface area contributed by atoms with Crippen LogP contribution in [-0.4, -0.2) is 40.6 Å². The van der Waals surface area contributed by atoms with Crippen molar-refractivity contribution in [2.24, 2.45) is 5.92 Å². The lowest BCUT2D eigenvalue weighted by Gasteiger charge is -2.30. The van der Waals surface area contributed by atoms with E-state index in [1.54, 1.807) is 0 Å². The number of nitrogens with zero attached hydrogens (tertiary/aromatic N) is 5. The van der Waals surface area contributed by atoms with E-state index in [1.165, 1.54) is 38.5 Å². The molecule has 6 nitrogen and oxygen atoms in total. The zero-order valence-electron chi connectivity index (χ0n) is 11.8. The second-order valence-electron chi connectivity index (χ2n) is 6.33. The fraction of sp³-hybridized carbons (Fsp3) is 0.786. The van der Waals surface area contributed by atoms with Crippen LogP contribution in [0, 0.1) is 5.92 Å². The molecule has 1 aliphatic carbocycles. The van der Waals surface area contributed by atoms with Gasteiger partial charge < -0.3 is 15.5 Å². The van der Waals surface area contributed by atoms with Crippen molar-refractivity contribution in [3.05, 3.63) is 0 Å². The molecule has 3 heterocycles. The van der Waals surface area contributed by atoms with Crippen molar-refractivity contribution in [1.82, 2.24) is 15.0 Å². The molecule has 3 fully saturated rings. The van der Waals surface area contributed by atoms with Crippen molar-refractivity contribution in [2.45, 2.75) is 44.6 Å². The van der Waals surface area contributed by atoms with Crippen LogP contribution < -0.4 is 15.5 Å². The maximum Gasteiger partial charge on any atom is 0.232 e. The van der Waals surface area contributed by atoms with Crippen LogP contribution in [0.1, 0.15) is 38.5 Å². The molecule has 2 bridgehead atoms. The Hall–Kier alpha value is -1.59. The topological polar surface area (TPSA) is 71.2 Å². The molecule has 2 saturated heterocycles. The number of nitrogen functional groups attached to an aromatic ring is 1. The lowest BCUT2D eigenvalue weighted by Crippen LogP contribution is -2.35. The van der Waals surface area contributed by atoms with Crippen molar-refractivity contribution >= 4 is 17.8 Å². The lowest BCUT2D eigenvalue weighted by molar-refractivity contribution is 0.542. The van der Waals surface area contributed by atoms with Crippen LogP contribution in [0.3, 0.4) is 0 Å². The van der Waals surface area contributed by atoms with Gasteiger partial charge >= 0.3 is 0 Å². The lowest BCUT2D eigenvalue weighted by atomic mass is 10.1. The minimum absolute atomic E-state index is 0.360. The number of rotatable bonds is 2. The van der Waals surface area contributed by atoms with E-state index in [9.17, 15) is 0 Å². The molecule has 1 aromatic rings. The van der Waals surface area contributed by atoms with Crippen molar-refractivity contribution in [1.29, 1.82) is 0 Å². The first-order chi connectivity index (χ1) is 9.79. The number of nitrogens with two attached hydrogens (primary N) is 1. The third-order valence-electron chi connectivity index (χ3n) is 4.93. The molecule has 0 aromatic carbocycles. The average Bonchev–Trinajstić information content (AvgIpc) is 3.10. The number of piperidine rings is 2. The minimum atomic E-state index is 0.360. The van der Waals surface area contributed by atoms with E-state index < -0.39 is 0 Å². The van der Waals surface area contributed by atoms with Gasteiger partial charge in [0.05, 0.1) is 0 Å². The van der Waals surface area contributed by atoms with Gasteiger partial charge in [-0.1, -0.05) is 0 Å². The molecule has 0 amide bonds. The summed E-state index contributed by atoms with van der Waals surface area (Å²) in [5.41, 5.74) is 5.92. The molecule has 4 rings (SSSR count). The predicted molar refractivity (Wildman–Crippen MR) is 78.8 cm³/mol. The van der Waals surface area contributed by atoms with Gasteiger partial charge in [0.15, 0.2) is 0 Å². The second-order valence-corrected chi connectivity index (χ2v) is 6.33. The summed E-state index contributed by atoms with van der Waals surface area (Å²) >= 11 is 0. The van der Waals surface area contributed by atoms with E-state index in [0.29, 0.717) is 12.0 Å². The molecule has 3 aliphatic rings. The van der Waals surface area contributed by atoms with Crippen molar-refractivity contribution in [3.8, 4) is 0 Å². The first kappa shape index (κ1) is 12.2. The van der Waals surface area contributed by atoms with E-state index in [4.69, 9.17) is 10.7 Å². The quantitative estimate of drug-likeness (QED) is 0.879. The highest BCUT2D eigenvalue weighted by Crippen LogP contribution is 2.39. The van der Waals surface area contributed by atoms with Gasteiger partial charge in [0.1, 0.15) is 0 Å². The van der Waals surface area contributed by atoms with Gasteiger partial charge in [-0.15, -0.1) is 0 Å². The van der Waals surface area contributed by atoms with Gasteiger partial charge in [0.2, 0.25) is 17.8 Å². The summed E-state index contributed by atoms with van der Waals surface area (Å²) in [5, 5.41) is 0. The monoisotopic (exact) mass is 274 g/mol. The Bertz CT molecular complexity index is 498. The number of hydrogen-bond acceptors (Lipinski definition) is 6. The van der Waals surface area contributed by atoms with Crippen molar-refractivity contribution in [2.75, 3.05) is 35.2 Å². The summed E-state index contributed by atoms with van der Waals surface area (Å²) in [4.78, 5) is 18.0. The Morgan fingerprint density at radius 1 is 0.950 bits per heavy atom. The van der Waals surface area contributed by atoms with Crippen LogP contribution in [0.25, 0.3) is 0 Å². The first-order valence-corrected chi connectivity index (χ1v) is 7.83. The van der Waals surface area contributed by atoms with Crippen LogP contribution in [0.15, 0.2) is 0 Å². The second kappa shape index (κ2) is 4.75. The number of hydrogen-bond donors (Lipinski definition) is 1. The first-order valence-electron chi connectivity index (χ1n) is 7.83. The van der Waals surface area contributed by atoms with Crippen LogP contribution in [0.5, 0.6) is 0 Å². The summed E-state index contributed by atoms with van der Waals surface area (Å²) in [7, 11) is 0. The summed E-state index contributed by atoms with van der Waals surface area (Å²) in [6.07, 6.45) is 7.67. The zero-order valence-corrected chi connectivity index (χ0v) is 11.8. The highest BCUT2D eigenvalue weighted by molar-refractivity contribution is 5.45. The fourth-order valence-electron chi connectivity index (χ4n) is 3.90. The third kappa shape index (κ3) is 2.07. The Morgan fingerprint density at radius 3 is 2.45 bits per heavy atom. The minimum Gasteiger partial charge on any atom is -0.368 e. The highest BCUT2D eigenvalue weighted by Gasteiger charge is 2.39. The molecule has 0 spiro atoms. The van der Waals surface area contributed by atoms with Crippen LogP contribution in [0.2, 0.25) is 0 Å². The molecule has 6 heteroatoms. The molecular formula is C14H22N6. The van der Waals surface area contributed by atoms with E-state index in [1.807, 2.05) is 0 Å². The zero-order chi connectivity index (χ0) is 13.5. The van der Waals surface area contributed by atoms with Gasteiger partial charge in [0.25, 0.3) is 0 Å². The van der Waals surface area contributed by atoms with E-state index >= 15 is 0 Å². The number of fused-ring (bicyclic) bond motifs is 2. The molecule has 0 radical (unpaired) electrons. The SMILES string of the molecule is Nc1nc(N2CCCCC2)nc(N2CC3CCC2C3)n1. The van der Waals surface area contributed by atoms with E-state index in [0.717, 1.165) is 37.4 Å². The molecule has 1 aromatic heterocycles. The predicted octanol–water partition coefficient (Wildman–Crippen LogP) is 1.43. The molecule has 2 N–H and O–H groups in total. The van der Waals surface area contributed by atoms with E-state index in [2.05, 4.69) is 19.8 Å². The highest BCUT2D eigenvalue weighted by atomic mass is 15.4. The molecular weight excluding hydrogens is 252 g/mol. The van der Waals surface area contributed by atoms with Crippen LogP contribution >= 0.6 is 0 Å². The molecule has 1 saturated carbocycles. The smallest absolute Gasteiger partial charge is 0.232 e. The number of aromatic nitrogens is 3. The molecule has 20 heavy (non-hydrogen) atoms. The van der Waals surface area contributed by atoms with Crippen molar-refractivity contribution < 1.29 is 0 Å². The average molecular weight is 274 g/mol. The molecule has 2 unspecified atom stereocenters.